The van der Waals surface area contributed by atoms with E-state index in [1.165, 1.54) is 19.4 Å². The monoisotopic (exact) mass is 246 g/mol. The van der Waals surface area contributed by atoms with Gasteiger partial charge in [0.1, 0.15) is 9.84 Å². The first kappa shape index (κ1) is 12.3. The summed E-state index contributed by atoms with van der Waals surface area (Å²) in [6.07, 6.45) is 4.07. The van der Waals surface area contributed by atoms with Gasteiger partial charge in [-0.05, 0) is 39.3 Å². The van der Waals surface area contributed by atoms with E-state index in [4.69, 9.17) is 0 Å². The van der Waals surface area contributed by atoms with Crippen LogP contribution in [0, 0.1) is 0 Å². The van der Waals surface area contributed by atoms with Gasteiger partial charge in [0, 0.05) is 18.6 Å². The summed E-state index contributed by atoms with van der Waals surface area (Å²) >= 11 is 0. The van der Waals surface area contributed by atoms with Crippen molar-refractivity contribution in [2.45, 2.75) is 37.8 Å². The van der Waals surface area contributed by atoms with Crippen molar-refractivity contribution in [2.75, 3.05) is 31.6 Å². The zero-order valence-corrected chi connectivity index (χ0v) is 10.8. The number of hydrogen-bond acceptors (Lipinski definition) is 4. The maximum Gasteiger partial charge on any atom is 0.150 e. The van der Waals surface area contributed by atoms with E-state index in [2.05, 4.69) is 17.3 Å². The molecule has 2 fully saturated rings. The molecule has 5 heteroatoms. The van der Waals surface area contributed by atoms with Gasteiger partial charge in [-0.1, -0.05) is 0 Å². The lowest BCUT2D eigenvalue weighted by Gasteiger charge is -2.34. The average Bonchev–Trinajstić information content (AvgIpc) is 2.21. The normalized spacial score (nSPS) is 32.7. The van der Waals surface area contributed by atoms with Gasteiger partial charge >= 0.3 is 0 Å². The van der Waals surface area contributed by atoms with Gasteiger partial charge in [-0.25, -0.2) is 8.42 Å². The Balaban J connectivity index is 1.78. The van der Waals surface area contributed by atoms with Crippen molar-refractivity contribution in [3.63, 3.8) is 0 Å². The lowest BCUT2D eigenvalue weighted by molar-refractivity contribution is 0.213. The van der Waals surface area contributed by atoms with Crippen LogP contribution in [0.1, 0.15) is 25.7 Å². The molecule has 0 aliphatic carbocycles. The maximum atomic E-state index is 11.3. The molecule has 2 rings (SSSR count). The molecule has 0 aromatic carbocycles. The van der Waals surface area contributed by atoms with E-state index in [1.807, 2.05) is 0 Å². The summed E-state index contributed by atoms with van der Waals surface area (Å²) in [7, 11) is -0.566. The number of nitrogens with one attached hydrogen (secondary N) is 1. The Labute approximate surface area is 98.3 Å². The van der Waals surface area contributed by atoms with Crippen LogP contribution in [0.4, 0.5) is 0 Å². The molecule has 1 atom stereocenters. The van der Waals surface area contributed by atoms with E-state index in [0.29, 0.717) is 23.6 Å². The van der Waals surface area contributed by atoms with Gasteiger partial charge in [0.05, 0.1) is 11.5 Å². The van der Waals surface area contributed by atoms with E-state index in [1.54, 1.807) is 0 Å². The van der Waals surface area contributed by atoms with Gasteiger partial charge in [0.15, 0.2) is 0 Å². The summed E-state index contributed by atoms with van der Waals surface area (Å²) < 4.78 is 22.6. The van der Waals surface area contributed by atoms with E-state index >= 15 is 0 Å². The molecule has 2 heterocycles. The van der Waals surface area contributed by atoms with Crippen LogP contribution in [0.25, 0.3) is 0 Å². The molecule has 0 aromatic heterocycles. The summed E-state index contributed by atoms with van der Waals surface area (Å²) in [5, 5.41) is 3.62. The number of piperidine rings is 1. The van der Waals surface area contributed by atoms with Crippen molar-refractivity contribution in [3.05, 3.63) is 0 Å². The summed E-state index contributed by atoms with van der Waals surface area (Å²) in [6, 6.07) is 0.976. The fourth-order valence-corrected chi connectivity index (χ4v) is 4.18. The predicted octanol–water partition coefficient (Wildman–Crippen LogP) is 0.247. The Morgan fingerprint density at radius 1 is 1.12 bits per heavy atom. The fourth-order valence-electron chi connectivity index (χ4n) is 2.69. The molecule has 2 saturated heterocycles. The minimum Gasteiger partial charge on any atom is -0.310 e. The first-order valence-electron chi connectivity index (χ1n) is 6.20. The van der Waals surface area contributed by atoms with Gasteiger partial charge in [0.2, 0.25) is 0 Å². The van der Waals surface area contributed by atoms with Crippen LogP contribution in [0.3, 0.4) is 0 Å². The molecule has 2 aliphatic rings. The van der Waals surface area contributed by atoms with Crippen molar-refractivity contribution >= 4 is 9.84 Å². The minimum atomic E-state index is -2.72. The molecule has 94 valence electrons. The predicted molar refractivity (Wildman–Crippen MR) is 65.3 cm³/mol. The highest BCUT2D eigenvalue weighted by atomic mass is 32.2. The van der Waals surface area contributed by atoms with Crippen LogP contribution in [-0.2, 0) is 9.84 Å². The van der Waals surface area contributed by atoms with Crippen molar-refractivity contribution < 1.29 is 8.42 Å². The number of likely N-dealkylation sites (tertiary alicyclic amines) is 1. The number of rotatable bonds is 2. The molecule has 0 bridgehead atoms. The SMILES string of the molecule is CN1CCCC(NC2CCS(=O)(=O)CC2)C1. The topological polar surface area (TPSA) is 49.4 Å². The number of sulfone groups is 1. The second kappa shape index (κ2) is 5.02. The third-order valence-corrected chi connectivity index (χ3v) is 5.37. The number of likely N-dealkylation sites (N-methyl/N-ethyl adjacent to an activating group) is 1. The highest BCUT2D eigenvalue weighted by molar-refractivity contribution is 7.91. The molecule has 1 unspecified atom stereocenters. The van der Waals surface area contributed by atoms with Crippen LogP contribution in [0.2, 0.25) is 0 Å². The Morgan fingerprint density at radius 2 is 1.81 bits per heavy atom. The maximum absolute atomic E-state index is 11.3. The third kappa shape index (κ3) is 3.43. The van der Waals surface area contributed by atoms with Crippen LogP contribution in [0.15, 0.2) is 0 Å². The molecular formula is C11H22N2O2S. The van der Waals surface area contributed by atoms with E-state index in [0.717, 1.165) is 19.4 Å². The molecule has 4 nitrogen and oxygen atoms in total. The zero-order valence-electron chi connectivity index (χ0n) is 9.98. The number of nitrogens with zero attached hydrogens (tertiary/aromatic N) is 1. The first-order valence-corrected chi connectivity index (χ1v) is 8.02. The Kier molecular flexibility index (Phi) is 3.87. The van der Waals surface area contributed by atoms with Crippen LogP contribution >= 0.6 is 0 Å². The van der Waals surface area contributed by atoms with Crippen LogP contribution < -0.4 is 5.32 Å². The quantitative estimate of drug-likeness (QED) is 0.759. The Morgan fingerprint density at radius 3 is 2.44 bits per heavy atom. The summed E-state index contributed by atoms with van der Waals surface area (Å²) in [5.41, 5.74) is 0. The first-order chi connectivity index (χ1) is 7.55. The average molecular weight is 246 g/mol. The van der Waals surface area contributed by atoms with Crippen molar-refractivity contribution in [1.82, 2.24) is 10.2 Å². The Bertz CT molecular complexity index is 315. The second-order valence-electron chi connectivity index (χ2n) is 5.19. The molecular weight excluding hydrogens is 224 g/mol. The third-order valence-electron chi connectivity index (χ3n) is 3.65. The van der Waals surface area contributed by atoms with Gasteiger partial charge in [-0.15, -0.1) is 0 Å². The van der Waals surface area contributed by atoms with Gasteiger partial charge in [-0.2, -0.15) is 0 Å². The highest BCUT2D eigenvalue weighted by Gasteiger charge is 2.26. The molecule has 0 aromatic rings. The van der Waals surface area contributed by atoms with Crippen molar-refractivity contribution in [1.29, 1.82) is 0 Å². The molecule has 1 N–H and O–H groups in total. The molecule has 2 aliphatic heterocycles. The smallest absolute Gasteiger partial charge is 0.150 e. The highest BCUT2D eigenvalue weighted by Crippen LogP contribution is 2.15. The lowest BCUT2D eigenvalue weighted by atomic mass is 10.0. The standard InChI is InChI=1S/C11H22N2O2S/c1-13-6-2-3-11(9-13)12-10-4-7-16(14,15)8-5-10/h10-12H,2-9H2,1H3. The van der Waals surface area contributed by atoms with Crippen molar-refractivity contribution in [3.8, 4) is 0 Å². The fraction of sp³-hybridized carbons (Fsp3) is 1.00. The van der Waals surface area contributed by atoms with Crippen LogP contribution in [0.5, 0.6) is 0 Å². The molecule has 0 spiro atoms. The van der Waals surface area contributed by atoms with Gasteiger partial charge < -0.3 is 10.2 Å². The van der Waals surface area contributed by atoms with Gasteiger partial charge in [0.25, 0.3) is 0 Å². The molecule has 0 saturated carbocycles. The lowest BCUT2D eigenvalue weighted by Crippen LogP contribution is -2.49. The molecule has 0 radical (unpaired) electrons. The minimum absolute atomic E-state index is 0.368. The van der Waals surface area contributed by atoms with E-state index in [9.17, 15) is 8.42 Å². The summed E-state index contributed by atoms with van der Waals surface area (Å²) in [5.74, 6) is 0.737. The second-order valence-corrected chi connectivity index (χ2v) is 7.50. The van der Waals surface area contributed by atoms with Crippen LogP contribution in [-0.4, -0.2) is 57.0 Å². The molecule has 0 amide bonds. The molecule has 16 heavy (non-hydrogen) atoms. The Hall–Kier alpha value is -0.130. The largest absolute Gasteiger partial charge is 0.310 e. The van der Waals surface area contributed by atoms with Crippen molar-refractivity contribution in [2.24, 2.45) is 0 Å². The summed E-state index contributed by atoms with van der Waals surface area (Å²) in [4.78, 5) is 2.35. The number of hydrogen-bond donors (Lipinski definition) is 1. The zero-order chi connectivity index (χ0) is 11.6. The summed E-state index contributed by atoms with van der Waals surface area (Å²) in [6.45, 7) is 2.29. The van der Waals surface area contributed by atoms with Gasteiger partial charge in [-0.3, -0.25) is 0 Å². The van der Waals surface area contributed by atoms with E-state index < -0.39 is 9.84 Å². The van der Waals surface area contributed by atoms with E-state index in [-0.39, 0.29) is 0 Å².